The van der Waals surface area contributed by atoms with Gasteiger partial charge in [0.25, 0.3) is 5.92 Å². The van der Waals surface area contributed by atoms with E-state index in [1.165, 1.54) is 12.1 Å². The summed E-state index contributed by atoms with van der Waals surface area (Å²) in [6.07, 6.45) is 3.10. The molecular formula is C17H26F2N2. The van der Waals surface area contributed by atoms with E-state index in [9.17, 15) is 8.78 Å². The first kappa shape index (κ1) is 16.4. The summed E-state index contributed by atoms with van der Waals surface area (Å²) in [4.78, 5) is 1.95. The van der Waals surface area contributed by atoms with Gasteiger partial charge in [-0.15, -0.1) is 0 Å². The molecule has 2 nitrogen and oxygen atoms in total. The van der Waals surface area contributed by atoms with Crippen molar-refractivity contribution in [1.29, 1.82) is 0 Å². The number of halogens is 2. The molecule has 1 heterocycles. The van der Waals surface area contributed by atoms with E-state index in [1.807, 2.05) is 4.90 Å². The molecule has 1 aromatic carbocycles. The molecule has 0 aliphatic carbocycles. The van der Waals surface area contributed by atoms with Crippen LogP contribution in [0.3, 0.4) is 0 Å². The second kappa shape index (κ2) is 7.85. The molecule has 21 heavy (non-hydrogen) atoms. The van der Waals surface area contributed by atoms with Crippen LogP contribution < -0.4 is 5.32 Å². The van der Waals surface area contributed by atoms with Crippen molar-refractivity contribution in [3.05, 3.63) is 35.9 Å². The molecule has 1 N–H and O–H groups in total. The summed E-state index contributed by atoms with van der Waals surface area (Å²) in [6, 6.07) is 8.18. The minimum absolute atomic E-state index is 0.122. The van der Waals surface area contributed by atoms with E-state index < -0.39 is 5.92 Å². The first-order valence-electron chi connectivity index (χ1n) is 7.98. The van der Waals surface area contributed by atoms with E-state index in [1.54, 1.807) is 18.2 Å². The summed E-state index contributed by atoms with van der Waals surface area (Å²) in [6.45, 7) is 5.44. The molecule has 1 aromatic rings. The molecule has 0 bridgehead atoms. The number of alkyl halides is 2. The van der Waals surface area contributed by atoms with Crippen LogP contribution in [0.2, 0.25) is 0 Å². The van der Waals surface area contributed by atoms with Gasteiger partial charge in [0, 0.05) is 12.1 Å². The summed E-state index contributed by atoms with van der Waals surface area (Å²) < 4.78 is 28.9. The Morgan fingerprint density at radius 2 is 1.86 bits per heavy atom. The highest BCUT2D eigenvalue weighted by Crippen LogP contribution is 2.29. The molecule has 0 aromatic heterocycles. The van der Waals surface area contributed by atoms with Crippen molar-refractivity contribution in [2.45, 2.75) is 32.1 Å². The van der Waals surface area contributed by atoms with Gasteiger partial charge in [-0.05, 0) is 44.8 Å². The second-order valence-electron chi connectivity index (χ2n) is 6.00. The second-order valence-corrected chi connectivity index (χ2v) is 6.00. The molecule has 1 aliphatic rings. The number of nitrogens with one attached hydrogen (secondary N) is 1. The van der Waals surface area contributed by atoms with E-state index in [0.717, 1.165) is 45.4 Å². The third kappa shape index (κ3) is 5.04. The summed E-state index contributed by atoms with van der Waals surface area (Å²) in [7, 11) is 0. The number of hydrogen-bond acceptors (Lipinski definition) is 2. The Morgan fingerprint density at radius 1 is 1.19 bits per heavy atom. The predicted molar refractivity (Wildman–Crippen MR) is 82.7 cm³/mol. The Balaban J connectivity index is 1.97. The van der Waals surface area contributed by atoms with E-state index in [-0.39, 0.29) is 12.1 Å². The van der Waals surface area contributed by atoms with Crippen molar-refractivity contribution in [3.8, 4) is 0 Å². The van der Waals surface area contributed by atoms with Crippen molar-refractivity contribution in [1.82, 2.24) is 10.2 Å². The minimum Gasteiger partial charge on any atom is -0.317 e. The Kier molecular flexibility index (Phi) is 6.12. The first-order chi connectivity index (χ1) is 10.1. The summed E-state index contributed by atoms with van der Waals surface area (Å²) in [5, 5.41) is 3.33. The first-order valence-corrected chi connectivity index (χ1v) is 7.98. The highest BCUT2D eigenvalue weighted by Gasteiger charge is 2.34. The van der Waals surface area contributed by atoms with Gasteiger partial charge < -0.3 is 5.32 Å². The quantitative estimate of drug-likeness (QED) is 0.828. The molecule has 4 heteroatoms. The maximum absolute atomic E-state index is 14.4. The zero-order valence-corrected chi connectivity index (χ0v) is 12.8. The number of hydrogen-bond donors (Lipinski definition) is 1. The Morgan fingerprint density at radius 3 is 2.48 bits per heavy atom. The Labute approximate surface area is 126 Å². The van der Waals surface area contributed by atoms with Gasteiger partial charge in [-0.25, -0.2) is 0 Å². The number of rotatable bonds is 7. The molecule has 0 atom stereocenters. The largest absolute Gasteiger partial charge is 0.317 e. The summed E-state index contributed by atoms with van der Waals surface area (Å²) in [5.41, 5.74) is 0.122. The van der Waals surface area contributed by atoms with Crippen LogP contribution in [0, 0.1) is 5.92 Å². The number of nitrogens with zero attached hydrogens (tertiary/aromatic N) is 1. The molecule has 0 unspecified atom stereocenters. The third-order valence-corrected chi connectivity index (χ3v) is 4.13. The molecule has 1 fully saturated rings. The lowest BCUT2D eigenvalue weighted by Gasteiger charge is -2.32. The molecule has 118 valence electrons. The maximum atomic E-state index is 14.4. The van der Waals surface area contributed by atoms with Crippen LogP contribution in [-0.2, 0) is 5.92 Å². The molecule has 1 aliphatic heterocycles. The van der Waals surface area contributed by atoms with Gasteiger partial charge in [0.1, 0.15) is 0 Å². The van der Waals surface area contributed by atoms with Gasteiger partial charge in [-0.2, -0.15) is 8.78 Å². The normalized spacial score (nSPS) is 17.3. The van der Waals surface area contributed by atoms with Gasteiger partial charge in [0.2, 0.25) is 0 Å². The van der Waals surface area contributed by atoms with Crippen LogP contribution in [0.4, 0.5) is 8.78 Å². The molecule has 1 saturated heterocycles. The average molecular weight is 296 g/mol. The van der Waals surface area contributed by atoms with E-state index >= 15 is 0 Å². The fourth-order valence-electron chi connectivity index (χ4n) is 3.03. The number of piperidine rings is 1. The minimum atomic E-state index is -2.77. The fourth-order valence-corrected chi connectivity index (χ4v) is 3.03. The van der Waals surface area contributed by atoms with Crippen molar-refractivity contribution in [2.24, 2.45) is 5.92 Å². The monoisotopic (exact) mass is 296 g/mol. The number of benzene rings is 1. The zero-order chi connectivity index (χ0) is 15.1. The average Bonchev–Trinajstić information content (AvgIpc) is 2.49. The molecule has 2 rings (SSSR count). The van der Waals surface area contributed by atoms with Crippen molar-refractivity contribution in [3.63, 3.8) is 0 Å². The topological polar surface area (TPSA) is 15.3 Å². The summed E-state index contributed by atoms with van der Waals surface area (Å²) in [5.74, 6) is -2.23. The smallest absolute Gasteiger partial charge is 0.285 e. The third-order valence-electron chi connectivity index (χ3n) is 4.13. The van der Waals surface area contributed by atoms with Crippen LogP contribution in [0.15, 0.2) is 30.3 Å². The van der Waals surface area contributed by atoms with E-state index in [2.05, 4.69) is 12.2 Å². The van der Waals surface area contributed by atoms with Crippen molar-refractivity contribution in [2.75, 3.05) is 32.7 Å². The Bertz CT molecular complexity index is 403. The van der Waals surface area contributed by atoms with Gasteiger partial charge in [-0.3, -0.25) is 4.90 Å². The highest BCUT2D eigenvalue weighted by molar-refractivity contribution is 5.20. The highest BCUT2D eigenvalue weighted by atomic mass is 19.3. The standard InChI is InChI=1S/C17H26F2N2/c1-2-12-21(13-15-8-10-20-11-9-15)14-17(18,19)16-6-4-3-5-7-16/h3-7,15,20H,2,8-14H2,1H3. The van der Waals surface area contributed by atoms with Crippen LogP contribution in [0.1, 0.15) is 31.7 Å². The molecular weight excluding hydrogens is 270 g/mol. The predicted octanol–water partition coefficient (Wildman–Crippen LogP) is 3.49. The van der Waals surface area contributed by atoms with Crippen molar-refractivity contribution < 1.29 is 8.78 Å². The van der Waals surface area contributed by atoms with Crippen LogP contribution in [0.5, 0.6) is 0 Å². The molecule has 0 amide bonds. The van der Waals surface area contributed by atoms with E-state index in [0.29, 0.717) is 5.92 Å². The maximum Gasteiger partial charge on any atom is 0.285 e. The van der Waals surface area contributed by atoms with Gasteiger partial charge in [0.05, 0.1) is 6.54 Å². The lowest BCUT2D eigenvalue weighted by atomic mass is 9.97. The van der Waals surface area contributed by atoms with Gasteiger partial charge in [-0.1, -0.05) is 37.3 Å². The molecule has 0 saturated carbocycles. The Hall–Kier alpha value is -1.00. The van der Waals surface area contributed by atoms with Crippen LogP contribution >= 0.6 is 0 Å². The SMILES string of the molecule is CCCN(CC1CCNCC1)CC(F)(F)c1ccccc1. The summed E-state index contributed by atoms with van der Waals surface area (Å²) >= 11 is 0. The van der Waals surface area contributed by atoms with Crippen LogP contribution in [0.25, 0.3) is 0 Å². The molecule has 0 radical (unpaired) electrons. The van der Waals surface area contributed by atoms with Crippen LogP contribution in [-0.4, -0.2) is 37.6 Å². The fraction of sp³-hybridized carbons (Fsp3) is 0.647. The van der Waals surface area contributed by atoms with Gasteiger partial charge in [0.15, 0.2) is 0 Å². The zero-order valence-electron chi connectivity index (χ0n) is 12.8. The van der Waals surface area contributed by atoms with Gasteiger partial charge >= 0.3 is 0 Å². The van der Waals surface area contributed by atoms with E-state index in [4.69, 9.17) is 0 Å². The lowest BCUT2D eigenvalue weighted by molar-refractivity contribution is -0.0417. The lowest BCUT2D eigenvalue weighted by Crippen LogP contribution is -2.41. The van der Waals surface area contributed by atoms with Crippen molar-refractivity contribution >= 4 is 0 Å². The molecule has 0 spiro atoms.